The maximum absolute atomic E-state index is 11.4. The number of hydrogen-bond donors (Lipinski definition) is 1. The molecule has 0 radical (unpaired) electrons. The van der Waals surface area contributed by atoms with Gasteiger partial charge in [0.25, 0.3) is 0 Å². The van der Waals surface area contributed by atoms with Gasteiger partial charge in [-0.2, -0.15) is 0 Å². The summed E-state index contributed by atoms with van der Waals surface area (Å²) in [7, 11) is 0. The van der Waals surface area contributed by atoms with Crippen LogP contribution >= 0.6 is 0 Å². The number of hydrogen-bond acceptors (Lipinski definition) is 2. The fraction of sp³-hybridized carbons (Fsp3) is 0.692. The highest BCUT2D eigenvalue weighted by atomic mass is 16.4. The predicted octanol–water partition coefficient (Wildman–Crippen LogP) is 2.79. The summed E-state index contributed by atoms with van der Waals surface area (Å²) in [6, 6.07) is -0.145. The first-order valence-electron chi connectivity index (χ1n) is 6.39. The largest absolute Gasteiger partial charge is 0.465 e. The minimum Gasteiger partial charge on any atom is -0.465 e. The van der Waals surface area contributed by atoms with E-state index in [-0.39, 0.29) is 11.8 Å². The van der Waals surface area contributed by atoms with Crippen LogP contribution in [0.15, 0.2) is 12.3 Å². The molecule has 2 rings (SSSR count). The van der Waals surface area contributed by atoms with E-state index >= 15 is 0 Å². The molecule has 0 bridgehead atoms. The van der Waals surface area contributed by atoms with E-state index in [0.29, 0.717) is 12.3 Å². The van der Waals surface area contributed by atoms with Gasteiger partial charge in [0.1, 0.15) is 0 Å². The highest BCUT2D eigenvalue weighted by Gasteiger charge is 2.29. The molecule has 4 heteroatoms. The molecule has 1 saturated carbocycles. The van der Waals surface area contributed by atoms with Gasteiger partial charge >= 0.3 is 6.09 Å². The molecule has 1 aliphatic carbocycles. The van der Waals surface area contributed by atoms with E-state index in [1.165, 1.54) is 49.3 Å². The smallest absolute Gasteiger partial charge is 0.411 e. The van der Waals surface area contributed by atoms with Crippen LogP contribution < -0.4 is 0 Å². The van der Waals surface area contributed by atoms with Gasteiger partial charge in [-0.05, 0) is 18.4 Å². The second kappa shape index (κ2) is 5.34. The average molecular weight is 237 g/mol. The predicted molar refractivity (Wildman–Crippen MR) is 63.6 cm³/mol. The van der Waals surface area contributed by atoms with E-state index in [9.17, 15) is 9.59 Å². The summed E-state index contributed by atoms with van der Waals surface area (Å²) in [5.41, 5.74) is 0. The Morgan fingerprint density at radius 3 is 2.71 bits per heavy atom. The van der Waals surface area contributed by atoms with Crippen LogP contribution in [0.2, 0.25) is 0 Å². The van der Waals surface area contributed by atoms with Gasteiger partial charge in [-0.3, -0.25) is 9.69 Å². The highest BCUT2D eigenvalue weighted by molar-refractivity contribution is 5.92. The Bertz CT molecular complexity index is 332. The minimum absolute atomic E-state index is 0.0447. The molecule has 2 aliphatic rings. The first kappa shape index (κ1) is 12.1. The van der Waals surface area contributed by atoms with Gasteiger partial charge in [0, 0.05) is 18.7 Å². The third-order valence-electron chi connectivity index (χ3n) is 3.80. The third-order valence-corrected chi connectivity index (χ3v) is 3.80. The summed E-state index contributed by atoms with van der Waals surface area (Å²) in [4.78, 5) is 23.8. The number of carbonyl (C=O) groups excluding carboxylic acids is 1. The van der Waals surface area contributed by atoms with Crippen molar-refractivity contribution >= 4 is 11.9 Å². The lowest BCUT2D eigenvalue weighted by Crippen LogP contribution is -2.40. The molecule has 1 heterocycles. The van der Waals surface area contributed by atoms with E-state index in [2.05, 4.69) is 0 Å². The van der Waals surface area contributed by atoms with Crippen molar-refractivity contribution in [2.45, 2.75) is 51.0 Å². The molecule has 1 atom stereocenters. The van der Waals surface area contributed by atoms with Gasteiger partial charge in [-0.1, -0.05) is 32.1 Å². The van der Waals surface area contributed by atoms with Gasteiger partial charge in [0.05, 0.1) is 0 Å². The number of rotatable bonds is 2. The number of carbonyl (C=O) groups is 2. The maximum Gasteiger partial charge on any atom is 0.411 e. The lowest BCUT2D eigenvalue weighted by molar-refractivity contribution is -0.116. The zero-order valence-electron chi connectivity index (χ0n) is 9.97. The molecule has 0 saturated heterocycles. The Morgan fingerprint density at radius 2 is 2.06 bits per heavy atom. The van der Waals surface area contributed by atoms with Crippen molar-refractivity contribution in [2.24, 2.45) is 5.92 Å². The molecule has 17 heavy (non-hydrogen) atoms. The quantitative estimate of drug-likeness (QED) is 0.803. The molecule has 1 aliphatic heterocycles. The monoisotopic (exact) mass is 237 g/mol. The number of nitrogens with zero attached hydrogens (tertiary/aromatic N) is 1. The molecular weight excluding hydrogens is 218 g/mol. The minimum atomic E-state index is -0.949. The summed E-state index contributed by atoms with van der Waals surface area (Å²) < 4.78 is 0. The summed E-state index contributed by atoms with van der Waals surface area (Å²) >= 11 is 0. The summed E-state index contributed by atoms with van der Waals surface area (Å²) in [5, 5.41) is 9.09. The van der Waals surface area contributed by atoms with Crippen LogP contribution in [0.3, 0.4) is 0 Å². The van der Waals surface area contributed by atoms with Crippen molar-refractivity contribution in [1.82, 2.24) is 4.90 Å². The lowest BCUT2D eigenvalue weighted by atomic mass is 9.83. The van der Waals surface area contributed by atoms with Gasteiger partial charge < -0.3 is 5.11 Å². The van der Waals surface area contributed by atoms with Crippen LogP contribution in [-0.2, 0) is 4.79 Å². The normalized spacial score (nSPS) is 26.2. The number of allylic oxidation sites excluding steroid dienone is 1. The summed E-state index contributed by atoms with van der Waals surface area (Å²) in [5.74, 6) is 0.637. The lowest BCUT2D eigenvalue weighted by Gasteiger charge is -2.32. The third kappa shape index (κ3) is 3.08. The SMILES string of the molecule is O=C1C=CN(C(=O)O)C(CC2CCCCC2)C1. The molecule has 0 aromatic carbocycles. The van der Waals surface area contributed by atoms with E-state index in [1.54, 1.807) is 0 Å². The van der Waals surface area contributed by atoms with Crippen molar-refractivity contribution < 1.29 is 14.7 Å². The van der Waals surface area contributed by atoms with Gasteiger partial charge in [0.15, 0.2) is 5.78 Å². The van der Waals surface area contributed by atoms with Crippen LogP contribution in [0.4, 0.5) is 4.79 Å². The number of carboxylic acid groups (broad SMARTS) is 1. The van der Waals surface area contributed by atoms with Gasteiger partial charge in [0.2, 0.25) is 0 Å². The van der Waals surface area contributed by atoms with Crippen LogP contribution in [0.1, 0.15) is 44.9 Å². The zero-order valence-corrected chi connectivity index (χ0v) is 9.97. The second-order valence-corrected chi connectivity index (χ2v) is 5.07. The molecule has 1 fully saturated rings. The Balaban J connectivity index is 1.98. The van der Waals surface area contributed by atoms with Crippen molar-refractivity contribution in [2.75, 3.05) is 0 Å². The molecule has 1 amide bonds. The van der Waals surface area contributed by atoms with E-state index in [4.69, 9.17) is 5.11 Å². The van der Waals surface area contributed by atoms with Crippen LogP contribution in [-0.4, -0.2) is 27.9 Å². The molecule has 1 N–H and O–H groups in total. The first-order valence-corrected chi connectivity index (χ1v) is 6.39. The highest BCUT2D eigenvalue weighted by Crippen LogP contribution is 2.30. The molecular formula is C13H19NO3. The van der Waals surface area contributed by atoms with E-state index < -0.39 is 6.09 Å². The first-order chi connectivity index (χ1) is 8.16. The average Bonchev–Trinajstić information content (AvgIpc) is 2.30. The Kier molecular flexibility index (Phi) is 3.82. The molecule has 0 aromatic rings. The molecule has 0 spiro atoms. The Labute approximate surface area is 101 Å². The fourth-order valence-electron chi connectivity index (χ4n) is 2.91. The molecule has 0 aromatic heterocycles. The summed E-state index contributed by atoms with van der Waals surface area (Å²) in [6.07, 6.45) is 9.17. The standard InChI is InChI=1S/C13H19NO3/c15-12-6-7-14(13(16)17)11(9-12)8-10-4-2-1-3-5-10/h6-7,10-11H,1-5,8-9H2,(H,16,17). The number of ketones is 1. The second-order valence-electron chi connectivity index (χ2n) is 5.07. The van der Waals surface area contributed by atoms with Crippen LogP contribution in [0.25, 0.3) is 0 Å². The Hall–Kier alpha value is -1.32. The molecule has 4 nitrogen and oxygen atoms in total. The van der Waals surface area contributed by atoms with Crippen molar-refractivity contribution in [3.8, 4) is 0 Å². The van der Waals surface area contributed by atoms with Crippen molar-refractivity contribution in [1.29, 1.82) is 0 Å². The van der Waals surface area contributed by atoms with Gasteiger partial charge in [-0.15, -0.1) is 0 Å². The fourth-order valence-corrected chi connectivity index (χ4v) is 2.91. The topological polar surface area (TPSA) is 57.6 Å². The van der Waals surface area contributed by atoms with E-state index in [0.717, 1.165) is 6.42 Å². The van der Waals surface area contributed by atoms with Crippen molar-refractivity contribution in [3.05, 3.63) is 12.3 Å². The van der Waals surface area contributed by atoms with Crippen LogP contribution in [0, 0.1) is 5.92 Å². The van der Waals surface area contributed by atoms with Crippen LogP contribution in [0.5, 0.6) is 0 Å². The summed E-state index contributed by atoms with van der Waals surface area (Å²) in [6.45, 7) is 0. The molecule has 94 valence electrons. The maximum atomic E-state index is 11.4. The Morgan fingerprint density at radius 1 is 1.35 bits per heavy atom. The van der Waals surface area contributed by atoms with E-state index in [1.807, 2.05) is 0 Å². The zero-order chi connectivity index (χ0) is 12.3. The molecule has 1 unspecified atom stereocenters. The van der Waals surface area contributed by atoms with Gasteiger partial charge in [-0.25, -0.2) is 4.79 Å². The number of amides is 1. The van der Waals surface area contributed by atoms with Crippen molar-refractivity contribution in [3.63, 3.8) is 0 Å².